The Morgan fingerprint density at radius 3 is 2.39 bits per heavy atom. The van der Waals surface area contributed by atoms with Gasteiger partial charge in [0, 0.05) is 36.2 Å². The average Bonchev–Trinajstić information content (AvgIpc) is 3.18. The SMILES string of the molecule is Cc1cc(C)c(NC(=O)CN(C)C(=O)CCc2ncc(-c3ccc(Cl)cc3)o2)c(C)c1. The van der Waals surface area contributed by atoms with Gasteiger partial charge in [-0.2, -0.15) is 0 Å². The van der Waals surface area contributed by atoms with Crippen molar-refractivity contribution in [3.63, 3.8) is 0 Å². The van der Waals surface area contributed by atoms with Gasteiger partial charge in [0.05, 0.1) is 12.7 Å². The standard InChI is InChI=1S/C24H26ClN3O3/c1-15-11-16(2)24(17(3)12-15)27-21(29)14-28(4)23(30)10-9-22-26-13-20(31-22)18-5-7-19(25)8-6-18/h5-8,11-13H,9-10,14H2,1-4H3,(H,27,29). The van der Waals surface area contributed by atoms with Crippen molar-refractivity contribution in [3.8, 4) is 11.3 Å². The van der Waals surface area contributed by atoms with Crippen molar-refractivity contribution in [2.45, 2.75) is 33.6 Å². The molecular weight excluding hydrogens is 414 g/mol. The van der Waals surface area contributed by atoms with E-state index < -0.39 is 0 Å². The first-order chi connectivity index (χ1) is 14.7. The number of carbonyl (C=O) groups is 2. The number of likely N-dealkylation sites (N-methyl/N-ethyl adjacent to an activating group) is 1. The summed E-state index contributed by atoms with van der Waals surface area (Å²) in [5, 5.41) is 3.56. The van der Waals surface area contributed by atoms with Crippen molar-refractivity contribution < 1.29 is 14.0 Å². The number of hydrogen-bond donors (Lipinski definition) is 1. The maximum atomic E-state index is 12.5. The summed E-state index contributed by atoms with van der Waals surface area (Å²) in [4.78, 5) is 30.5. The zero-order chi connectivity index (χ0) is 22.5. The number of amides is 2. The van der Waals surface area contributed by atoms with Crippen molar-refractivity contribution in [2.24, 2.45) is 0 Å². The molecule has 0 unspecified atom stereocenters. The van der Waals surface area contributed by atoms with Crippen LogP contribution in [-0.4, -0.2) is 35.3 Å². The molecular formula is C24H26ClN3O3. The molecule has 6 nitrogen and oxygen atoms in total. The number of halogens is 1. The van der Waals surface area contributed by atoms with Crippen molar-refractivity contribution in [1.82, 2.24) is 9.88 Å². The Morgan fingerprint density at radius 2 is 1.74 bits per heavy atom. The highest BCUT2D eigenvalue weighted by molar-refractivity contribution is 6.30. The van der Waals surface area contributed by atoms with Gasteiger partial charge < -0.3 is 14.6 Å². The minimum atomic E-state index is -0.230. The first-order valence-corrected chi connectivity index (χ1v) is 10.4. The van der Waals surface area contributed by atoms with Crippen LogP contribution in [0.15, 0.2) is 47.0 Å². The molecule has 0 atom stereocenters. The van der Waals surface area contributed by atoms with Gasteiger partial charge in [-0.25, -0.2) is 4.98 Å². The Kier molecular flexibility index (Phi) is 7.13. The van der Waals surface area contributed by atoms with Crippen LogP contribution in [0.5, 0.6) is 0 Å². The van der Waals surface area contributed by atoms with Crippen LogP contribution in [0.3, 0.4) is 0 Å². The highest BCUT2D eigenvalue weighted by atomic mass is 35.5. The zero-order valence-corrected chi connectivity index (χ0v) is 18.9. The largest absolute Gasteiger partial charge is 0.441 e. The molecule has 1 N–H and O–H groups in total. The number of nitrogens with one attached hydrogen (secondary N) is 1. The van der Waals surface area contributed by atoms with Crippen LogP contribution >= 0.6 is 11.6 Å². The molecule has 3 rings (SSSR count). The Balaban J connectivity index is 1.52. The van der Waals surface area contributed by atoms with Crippen molar-refractivity contribution in [1.29, 1.82) is 0 Å². The average molecular weight is 440 g/mol. The predicted octanol–water partition coefficient (Wildman–Crippen LogP) is 4.95. The Labute approximate surface area is 187 Å². The number of carbonyl (C=O) groups excluding carboxylic acids is 2. The second-order valence-corrected chi connectivity index (χ2v) is 8.13. The summed E-state index contributed by atoms with van der Waals surface area (Å²) in [5.41, 5.74) is 4.81. The molecule has 0 aliphatic rings. The fourth-order valence-electron chi connectivity index (χ4n) is 3.44. The van der Waals surface area contributed by atoms with Crippen LogP contribution in [-0.2, 0) is 16.0 Å². The molecule has 162 valence electrons. The number of aromatic nitrogens is 1. The van der Waals surface area contributed by atoms with E-state index in [1.54, 1.807) is 25.4 Å². The van der Waals surface area contributed by atoms with Crippen LogP contribution in [0.2, 0.25) is 5.02 Å². The molecule has 0 spiro atoms. The van der Waals surface area contributed by atoms with E-state index in [9.17, 15) is 9.59 Å². The summed E-state index contributed by atoms with van der Waals surface area (Å²) in [6.45, 7) is 5.91. The van der Waals surface area contributed by atoms with E-state index in [0.717, 1.165) is 27.9 Å². The van der Waals surface area contributed by atoms with Gasteiger partial charge in [0.15, 0.2) is 11.7 Å². The quantitative estimate of drug-likeness (QED) is 0.565. The molecule has 0 radical (unpaired) electrons. The number of oxazole rings is 1. The smallest absolute Gasteiger partial charge is 0.243 e. The topological polar surface area (TPSA) is 75.4 Å². The molecule has 1 aromatic heterocycles. The number of anilines is 1. The summed E-state index contributed by atoms with van der Waals surface area (Å²) in [6, 6.07) is 11.3. The summed E-state index contributed by atoms with van der Waals surface area (Å²) < 4.78 is 5.73. The zero-order valence-electron chi connectivity index (χ0n) is 18.2. The Bertz CT molecular complexity index is 1070. The number of rotatable bonds is 7. The molecule has 2 aromatic carbocycles. The number of aryl methyl sites for hydroxylation is 4. The summed E-state index contributed by atoms with van der Waals surface area (Å²) in [7, 11) is 1.62. The molecule has 31 heavy (non-hydrogen) atoms. The first-order valence-electron chi connectivity index (χ1n) is 10.0. The van der Waals surface area contributed by atoms with Crippen LogP contribution in [0.1, 0.15) is 29.0 Å². The molecule has 0 aliphatic carbocycles. The lowest BCUT2D eigenvalue weighted by atomic mass is 10.1. The highest BCUT2D eigenvalue weighted by Crippen LogP contribution is 2.23. The molecule has 7 heteroatoms. The molecule has 0 saturated carbocycles. The first kappa shape index (κ1) is 22.6. The van der Waals surface area contributed by atoms with Crippen molar-refractivity contribution in [3.05, 3.63) is 70.2 Å². The molecule has 0 fully saturated rings. The van der Waals surface area contributed by atoms with Crippen molar-refractivity contribution >= 4 is 29.1 Å². The summed E-state index contributed by atoms with van der Waals surface area (Å²) >= 11 is 5.90. The van der Waals surface area contributed by atoms with Crippen LogP contribution in [0.4, 0.5) is 5.69 Å². The second kappa shape index (κ2) is 9.79. The van der Waals surface area contributed by atoms with Gasteiger partial charge in [-0.1, -0.05) is 29.3 Å². The molecule has 2 amide bonds. The van der Waals surface area contributed by atoms with Crippen molar-refractivity contribution in [2.75, 3.05) is 18.9 Å². The monoisotopic (exact) mass is 439 g/mol. The predicted molar refractivity (Wildman–Crippen MR) is 122 cm³/mol. The van der Waals surface area contributed by atoms with Gasteiger partial charge in [-0.15, -0.1) is 0 Å². The molecule has 0 bridgehead atoms. The third-order valence-electron chi connectivity index (χ3n) is 4.98. The highest BCUT2D eigenvalue weighted by Gasteiger charge is 2.16. The van der Waals surface area contributed by atoms with Crippen LogP contribution in [0.25, 0.3) is 11.3 Å². The van der Waals surface area contributed by atoms with E-state index in [1.165, 1.54) is 4.90 Å². The molecule has 0 saturated heterocycles. The maximum Gasteiger partial charge on any atom is 0.243 e. The molecule has 1 heterocycles. The summed E-state index contributed by atoms with van der Waals surface area (Å²) in [6.07, 6.45) is 2.19. The number of nitrogens with zero attached hydrogens (tertiary/aromatic N) is 2. The minimum absolute atomic E-state index is 0.0206. The molecule has 0 aliphatic heterocycles. The number of hydrogen-bond acceptors (Lipinski definition) is 4. The van der Waals surface area contributed by atoms with E-state index >= 15 is 0 Å². The third-order valence-corrected chi connectivity index (χ3v) is 5.23. The van der Waals surface area contributed by atoms with Crippen LogP contribution in [0, 0.1) is 20.8 Å². The van der Waals surface area contributed by atoms with Gasteiger partial charge in [0.1, 0.15) is 0 Å². The van der Waals surface area contributed by atoms with E-state index in [1.807, 2.05) is 45.0 Å². The Hall–Kier alpha value is -3.12. The fraction of sp³-hybridized carbons (Fsp3) is 0.292. The lowest BCUT2D eigenvalue weighted by Crippen LogP contribution is -2.35. The molecule has 3 aromatic rings. The lowest BCUT2D eigenvalue weighted by molar-refractivity contribution is -0.133. The fourth-order valence-corrected chi connectivity index (χ4v) is 3.56. The Morgan fingerprint density at radius 1 is 1.10 bits per heavy atom. The van der Waals surface area contributed by atoms with E-state index in [0.29, 0.717) is 23.1 Å². The van der Waals surface area contributed by atoms with Gasteiger partial charge in [-0.05, 0) is 56.2 Å². The minimum Gasteiger partial charge on any atom is -0.441 e. The van der Waals surface area contributed by atoms with E-state index in [2.05, 4.69) is 10.3 Å². The number of benzene rings is 2. The second-order valence-electron chi connectivity index (χ2n) is 7.70. The van der Waals surface area contributed by atoms with Gasteiger partial charge >= 0.3 is 0 Å². The third kappa shape index (κ3) is 5.95. The van der Waals surface area contributed by atoms with Gasteiger partial charge in [0.25, 0.3) is 0 Å². The van der Waals surface area contributed by atoms with Crippen LogP contribution < -0.4 is 5.32 Å². The van der Waals surface area contributed by atoms with Gasteiger partial charge in [-0.3, -0.25) is 9.59 Å². The maximum absolute atomic E-state index is 12.5. The van der Waals surface area contributed by atoms with E-state index in [-0.39, 0.29) is 24.8 Å². The van der Waals surface area contributed by atoms with Gasteiger partial charge in [0.2, 0.25) is 11.8 Å². The summed E-state index contributed by atoms with van der Waals surface area (Å²) in [5.74, 6) is 0.712. The lowest BCUT2D eigenvalue weighted by Gasteiger charge is -2.18. The normalized spacial score (nSPS) is 10.7. The van der Waals surface area contributed by atoms with E-state index in [4.69, 9.17) is 16.0 Å².